The van der Waals surface area contributed by atoms with Gasteiger partial charge in [0.1, 0.15) is 0 Å². The molecular formula is C14H30N2O2. The molecule has 1 aliphatic rings. The predicted octanol–water partition coefficient (Wildman–Crippen LogP) is 1.24. The zero-order chi connectivity index (χ0) is 13.8. The number of piperidine rings is 1. The van der Waals surface area contributed by atoms with Crippen LogP contribution in [-0.4, -0.2) is 60.5 Å². The van der Waals surface area contributed by atoms with Crippen molar-refractivity contribution in [2.45, 2.75) is 57.8 Å². The van der Waals surface area contributed by atoms with Crippen LogP contribution in [-0.2, 0) is 4.74 Å². The smallest absolute Gasteiger partial charge is 0.0869 e. The van der Waals surface area contributed by atoms with Crippen molar-refractivity contribution in [3.63, 3.8) is 0 Å². The molecular weight excluding hydrogens is 228 g/mol. The Kier molecular flexibility index (Phi) is 5.59. The number of ether oxygens (including phenoxy) is 1. The maximum absolute atomic E-state index is 10.4. The second-order valence-corrected chi connectivity index (χ2v) is 6.50. The van der Waals surface area contributed by atoms with Gasteiger partial charge in [0.05, 0.1) is 11.2 Å². The van der Waals surface area contributed by atoms with Crippen molar-refractivity contribution in [3.05, 3.63) is 0 Å². The number of methoxy groups -OCH3 is 1. The van der Waals surface area contributed by atoms with Gasteiger partial charge in [-0.3, -0.25) is 4.90 Å². The Labute approximate surface area is 112 Å². The van der Waals surface area contributed by atoms with Gasteiger partial charge in [0.15, 0.2) is 0 Å². The maximum Gasteiger partial charge on any atom is 0.0869 e. The highest BCUT2D eigenvalue weighted by Gasteiger charge is 2.33. The number of aliphatic hydroxyl groups is 1. The summed E-state index contributed by atoms with van der Waals surface area (Å²) in [6, 6.07) is 0.405. The third-order valence-corrected chi connectivity index (χ3v) is 3.69. The van der Waals surface area contributed by atoms with E-state index in [0.29, 0.717) is 19.1 Å². The van der Waals surface area contributed by atoms with E-state index in [-0.39, 0.29) is 5.60 Å². The molecule has 2 unspecified atom stereocenters. The number of nitrogens with one attached hydrogen (secondary N) is 1. The van der Waals surface area contributed by atoms with Crippen LogP contribution in [0.3, 0.4) is 0 Å². The SMILES string of the molecule is COC1(C)CCCN(CC(C)(O)CNC(C)C)C1. The molecule has 0 aromatic carbocycles. The number of nitrogens with zero attached hydrogens (tertiary/aromatic N) is 1. The molecule has 4 heteroatoms. The van der Waals surface area contributed by atoms with Gasteiger partial charge in [-0.25, -0.2) is 0 Å². The van der Waals surface area contributed by atoms with Crippen LogP contribution < -0.4 is 5.32 Å². The zero-order valence-corrected chi connectivity index (χ0v) is 12.6. The van der Waals surface area contributed by atoms with Crippen LogP contribution in [0.25, 0.3) is 0 Å². The molecule has 0 radical (unpaired) electrons. The molecule has 0 aromatic rings. The van der Waals surface area contributed by atoms with E-state index in [1.165, 1.54) is 0 Å². The van der Waals surface area contributed by atoms with E-state index in [4.69, 9.17) is 4.74 Å². The highest BCUT2D eigenvalue weighted by molar-refractivity contribution is 4.89. The van der Waals surface area contributed by atoms with Crippen LogP contribution in [0.5, 0.6) is 0 Å². The van der Waals surface area contributed by atoms with Crippen LogP contribution in [0.4, 0.5) is 0 Å². The fourth-order valence-corrected chi connectivity index (χ4v) is 2.57. The first-order valence-electron chi connectivity index (χ1n) is 7.00. The van der Waals surface area contributed by atoms with Gasteiger partial charge in [-0.1, -0.05) is 13.8 Å². The molecule has 18 heavy (non-hydrogen) atoms. The van der Waals surface area contributed by atoms with Gasteiger partial charge in [-0.15, -0.1) is 0 Å². The standard InChI is InChI=1S/C14H30N2O2/c1-12(2)15-9-13(3,17)10-16-8-6-7-14(4,11-16)18-5/h12,15,17H,6-11H2,1-5H3. The van der Waals surface area contributed by atoms with Crippen molar-refractivity contribution in [1.29, 1.82) is 0 Å². The van der Waals surface area contributed by atoms with Crippen molar-refractivity contribution >= 4 is 0 Å². The van der Waals surface area contributed by atoms with Crippen LogP contribution >= 0.6 is 0 Å². The maximum atomic E-state index is 10.4. The van der Waals surface area contributed by atoms with Gasteiger partial charge >= 0.3 is 0 Å². The lowest BCUT2D eigenvalue weighted by molar-refractivity contribution is -0.0709. The summed E-state index contributed by atoms with van der Waals surface area (Å²) in [7, 11) is 1.78. The molecule has 0 aromatic heterocycles. The highest BCUT2D eigenvalue weighted by Crippen LogP contribution is 2.24. The summed E-state index contributed by atoms with van der Waals surface area (Å²) >= 11 is 0. The van der Waals surface area contributed by atoms with Gasteiger partial charge in [-0.05, 0) is 33.2 Å². The Morgan fingerprint density at radius 2 is 2.17 bits per heavy atom. The molecule has 0 bridgehead atoms. The molecule has 1 rings (SSSR count). The summed E-state index contributed by atoms with van der Waals surface area (Å²) in [5.41, 5.74) is -0.740. The average Bonchev–Trinajstić information content (AvgIpc) is 2.26. The number of hydrogen-bond donors (Lipinski definition) is 2. The summed E-state index contributed by atoms with van der Waals surface area (Å²) < 4.78 is 5.58. The topological polar surface area (TPSA) is 44.7 Å². The zero-order valence-electron chi connectivity index (χ0n) is 12.6. The predicted molar refractivity (Wildman–Crippen MR) is 74.9 cm³/mol. The van der Waals surface area contributed by atoms with E-state index in [9.17, 15) is 5.11 Å². The Morgan fingerprint density at radius 3 is 2.72 bits per heavy atom. The van der Waals surface area contributed by atoms with E-state index in [2.05, 4.69) is 31.0 Å². The van der Waals surface area contributed by atoms with E-state index < -0.39 is 5.60 Å². The minimum atomic E-state index is -0.684. The molecule has 1 aliphatic heterocycles. The molecule has 1 saturated heterocycles. The third kappa shape index (κ3) is 5.22. The van der Waals surface area contributed by atoms with Crippen LogP contribution in [0.15, 0.2) is 0 Å². The molecule has 4 nitrogen and oxygen atoms in total. The van der Waals surface area contributed by atoms with Crippen LogP contribution in [0.1, 0.15) is 40.5 Å². The highest BCUT2D eigenvalue weighted by atomic mass is 16.5. The fraction of sp³-hybridized carbons (Fsp3) is 1.00. The second kappa shape index (κ2) is 6.33. The summed E-state index contributed by atoms with van der Waals surface area (Å²) in [4.78, 5) is 2.31. The Hall–Kier alpha value is -0.160. The number of likely N-dealkylation sites (tertiary alicyclic amines) is 1. The molecule has 0 spiro atoms. The minimum Gasteiger partial charge on any atom is -0.388 e. The molecule has 108 valence electrons. The van der Waals surface area contributed by atoms with E-state index >= 15 is 0 Å². The lowest BCUT2D eigenvalue weighted by Gasteiger charge is -2.42. The first-order valence-corrected chi connectivity index (χ1v) is 7.00. The van der Waals surface area contributed by atoms with E-state index in [1.807, 2.05) is 6.92 Å². The largest absolute Gasteiger partial charge is 0.388 e. The summed E-state index contributed by atoms with van der Waals surface area (Å²) in [5.74, 6) is 0. The molecule has 2 N–H and O–H groups in total. The first kappa shape index (κ1) is 15.9. The summed E-state index contributed by atoms with van der Waals surface area (Å²) in [5, 5.41) is 13.7. The Balaban J connectivity index is 2.45. The van der Waals surface area contributed by atoms with Gasteiger partial charge in [-0.2, -0.15) is 0 Å². The fourth-order valence-electron chi connectivity index (χ4n) is 2.57. The number of β-amino-alcohol motifs (C(OH)–C–C–N with tert-alkyl or cyclic N) is 1. The summed E-state index contributed by atoms with van der Waals surface area (Å²) in [6.45, 7) is 11.5. The molecule has 2 atom stereocenters. The lowest BCUT2D eigenvalue weighted by Crippen LogP contribution is -2.54. The van der Waals surface area contributed by atoms with Gasteiger partial charge < -0.3 is 15.2 Å². The Bertz CT molecular complexity index is 256. The first-order chi connectivity index (χ1) is 8.26. The molecule has 0 amide bonds. The third-order valence-electron chi connectivity index (χ3n) is 3.69. The van der Waals surface area contributed by atoms with Crippen molar-refractivity contribution in [3.8, 4) is 0 Å². The average molecular weight is 258 g/mol. The lowest BCUT2D eigenvalue weighted by atomic mass is 9.93. The molecule has 0 aliphatic carbocycles. The molecule has 1 heterocycles. The van der Waals surface area contributed by atoms with Crippen molar-refractivity contribution in [2.75, 3.05) is 33.3 Å². The molecule has 1 fully saturated rings. The Morgan fingerprint density at radius 1 is 1.50 bits per heavy atom. The van der Waals surface area contributed by atoms with Crippen molar-refractivity contribution < 1.29 is 9.84 Å². The van der Waals surface area contributed by atoms with Gasteiger partial charge in [0.2, 0.25) is 0 Å². The number of hydrogen-bond acceptors (Lipinski definition) is 4. The van der Waals surface area contributed by atoms with E-state index in [1.54, 1.807) is 7.11 Å². The van der Waals surface area contributed by atoms with Crippen LogP contribution in [0, 0.1) is 0 Å². The van der Waals surface area contributed by atoms with E-state index in [0.717, 1.165) is 25.9 Å². The van der Waals surface area contributed by atoms with Crippen LogP contribution in [0.2, 0.25) is 0 Å². The van der Waals surface area contributed by atoms with Gasteiger partial charge in [0, 0.05) is 32.8 Å². The minimum absolute atomic E-state index is 0.0557. The van der Waals surface area contributed by atoms with Gasteiger partial charge in [0.25, 0.3) is 0 Å². The van der Waals surface area contributed by atoms with Crippen molar-refractivity contribution in [2.24, 2.45) is 0 Å². The summed E-state index contributed by atoms with van der Waals surface area (Å²) in [6.07, 6.45) is 2.24. The molecule has 0 saturated carbocycles. The number of rotatable bonds is 6. The van der Waals surface area contributed by atoms with Crippen molar-refractivity contribution in [1.82, 2.24) is 10.2 Å². The quantitative estimate of drug-likeness (QED) is 0.752. The normalized spacial score (nSPS) is 29.5. The second-order valence-electron chi connectivity index (χ2n) is 6.50. The monoisotopic (exact) mass is 258 g/mol.